The molecule has 0 N–H and O–H groups in total. The van der Waals surface area contributed by atoms with Gasteiger partial charge in [0, 0.05) is 17.8 Å². The zero-order valence-electron chi connectivity index (χ0n) is 16.3. The number of sulfonamides is 1. The molecule has 2 aromatic rings. The highest BCUT2D eigenvalue weighted by Gasteiger charge is 2.41. The summed E-state index contributed by atoms with van der Waals surface area (Å²) in [5, 5.41) is 0. The van der Waals surface area contributed by atoms with Crippen molar-refractivity contribution in [1.29, 1.82) is 0 Å². The molecule has 2 aliphatic heterocycles. The summed E-state index contributed by atoms with van der Waals surface area (Å²) in [5.74, 6) is 1.77. The summed E-state index contributed by atoms with van der Waals surface area (Å²) in [6, 6.07) is 10.3. The molecule has 1 atom stereocenters. The summed E-state index contributed by atoms with van der Waals surface area (Å²) in [6.45, 7) is 0.259. The molecule has 1 aliphatic carbocycles. The van der Waals surface area contributed by atoms with Crippen molar-refractivity contribution in [3.63, 3.8) is 0 Å². The predicted molar refractivity (Wildman–Crippen MR) is 112 cm³/mol. The highest BCUT2D eigenvalue weighted by atomic mass is 32.2. The first-order valence-corrected chi connectivity index (χ1v) is 11.5. The van der Waals surface area contributed by atoms with Gasteiger partial charge in [0.05, 0.1) is 12.1 Å². The lowest BCUT2D eigenvalue weighted by molar-refractivity contribution is 0.0881. The van der Waals surface area contributed by atoms with E-state index >= 15 is 0 Å². The van der Waals surface area contributed by atoms with Gasteiger partial charge in [0.2, 0.25) is 0 Å². The van der Waals surface area contributed by atoms with E-state index in [-0.39, 0.29) is 28.5 Å². The molecule has 152 valence electrons. The second-order valence-corrected chi connectivity index (χ2v) is 9.75. The average Bonchev–Trinajstić information content (AvgIpc) is 2.94. The van der Waals surface area contributed by atoms with Crippen molar-refractivity contribution in [1.82, 2.24) is 4.31 Å². The number of hydrogen-bond acceptors (Lipinski definition) is 4. The Hall–Kier alpha value is -3.11. The molecule has 6 nitrogen and oxygen atoms in total. The van der Waals surface area contributed by atoms with Gasteiger partial charge in [0.1, 0.15) is 4.90 Å². The SMILES string of the molecule is C#CCN1C(=O)c2ccc(C(=O)N3CCC4CCCc5cccc3c54)cc2S1(=O)=O. The Morgan fingerprint density at radius 1 is 1.20 bits per heavy atom. The van der Waals surface area contributed by atoms with Gasteiger partial charge in [-0.2, -0.15) is 0 Å². The van der Waals surface area contributed by atoms with Crippen LogP contribution in [0.25, 0.3) is 0 Å². The fraction of sp³-hybridized carbons (Fsp3) is 0.304. The predicted octanol–water partition coefficient (Wildman–Crippen LogP) is 2.93. The number of benzene rings is 2. The third-order valence-electron chi connectivity index (χ3n) is 6.31. The van der Waals surface area contributed by atoms with Crippen molar-refractivity contribution in [2.75, 3.05) is 18.0 Å². The molecule has 1 unspecified atom stereocenters. The fourth-order valence-electron chi connectivity index (χ4n) is 4.92. The molecule has 30 heavy (non-hydrogen) atoms. The summed E-state index contributed by atoms with van der Waals surface area (Å²) >= 11 is 0. The van der Waals surface area contributed by atoms with Gasteiger partial charge in [-0.15, -0.1) is 6.42 Å². The molecular formula is C23H20N2O4S. The third kappa shape index (κ3) is 2.60. The minimum absolute atomic E-state index is 0.0533. The van der Waals surface area contributed by atoms with Gasteiger partial charge in [0.25, 0.3) is 21.8 Å². The lowest BCUT2D eigenvalue weighted by Crippen LogP contribution is -2.38. The Balaban J connectivity index is 1.55. The van der Waals surface area contributed by atoms with Gasteiger partial charge in [0.15, 0.2) is 0 Å². The molecular weight excluding hydrogens is 400 g/mol. The van der Waals surface area contributed by atoms with Crippen LogP contribution >= 0.6 is 0 Å². The summed E-state index contributed by atoms with van der Waals surface area (Å²) in [7, 11) is -4.04. The molecule has 0 saturated carbocycles. The minimum Gasteiger partial charge on any atom is -0.308 e. The zero-order valence-corrected chi connectivity index (χ0v) is 17.1. The van der Waals surface area contributed by atoms with Gasteiger partial charge < -0.3 is 4.90 Å². The lowest BCUT2D eigenvalue weighted by Gasteiger charge is -2.38. The van der Waals surface area contributed by atoms with E-state index in [0.717, 1.165) is 24.9 Å². The quantitative estimate of drug-likeness (QED) is 0.700. The highest BCUT2D eigenvalue weighted by Crippen LogP contribution is 2.44. The lowest BCUT2D eigenvalue weighted by atomic mass is 9.77. The monoisotopic (exact) mass is 420 g/mol. The number of carbonyl (C=O) groups is 2. The molecule has 0 aromatic heterocycles. The smallest absolute Gasteiger partial charge is 0.269 e. The van der Waals surface area contributed by atoms with Crippen LogP contribution in [0.1, 0.15) is 57.0 Å². The largest absolute Gasteiger partial charge is 0.308 e. The average molecular weight is 420 g/mol. The van der Waals surface area contributed by atoms with Gasteiger partial charge in [-0.25, -0.2) is 12.7 Å². The first-order valence-electron chi connectivity index (χ1n) is 10.0. The molecule has 0 spiro atoms. The second kappa shape index (κ2) is 6.71. The number of amides is 2. The molecule has 3 aliphatic rings. The van der Waals surface area contributed by atoms with E-state index in [1.165, 1.54) is 35.7 Å². The van der Waals surface area contributed by atoms with E-state index in [9.17, 15) is 18.0 Å². The molecule has 2 aromatic carbocycles. The van der Waals surface area contributed by atoms with Crippen LogP contribution in [0.4, 0.5) is 5.69 Å². The van der Waals surface area contributed by atoms with Crippen LogP contribution < -0.4 is 4.90 Å². The maximum Gasteiger partial charge on any atom is 0.269 e. The molecule has 2 heterocycles. The summed E-state index contributed by atoms with van der Waals surface area (Å²) in [6.07, 6.45) is 9.44. The van der Waals surface area contributed by atoms with Crippen LogP contribution in [-0.2, 0) is 16.4 Å². The van der Waals surface area contributed by atoms with Crippen LogP contribution in [0, 0.1) is 12.3 Å². The molecule has 7 heteroatoms. The van der Waals surface area contributed by atoms with Crippen LogP contribution in [0.3, 0.4) is 0 Å². The maximum absolute atomic E-state index is 13.4. The Labute approximate surface area is 175 Å². The number of anilines is 1. The summed E-state index contributed by atoms with van der Waals surface area (Å²) < 4.78 is 26.2. The van der Waals surface area contributed by atoms with Crippen LogP contribution in [0.5, 0.6) is 0 Å². The third-order valence-corrected chi connectivity index (χ3v) is 8.07. The van der Waals surface area contributed by atoms with Gasteiger partial charge in [-0.1, -0.05) is 18.1 Å². The Morgan fingerprint density at radius 3 is 2.83 bits per heavy atom. The number of fused-ring (bicyclic) bond motifs is 1. The van der Waals surface area contributed by atoms with Gasteiger partial charge >= 0.3 is 0 Å². The fourth-order valence-corrected chi connectivity index (χ4v) is 6.42. The van der Waals surface area contributed by atoms with Crippen molar-refractivity contribution in [3.05, 3.63) is 58.7 Å². The first-order chi connectivity index (χ1) is 14.4. The van der Waals surface area contributed by atoms with Crippen molar-refractivity contribution in [2.45, 2.75) is 36.5 Å². The Kier molecular flexibility index (Phi) is 4.23. The van der Waals surface area contributed by atoms with E-state index in [1.54, 1.807) is 4.90 Å². The second-order valence-electron chi connectivity index (χ2n) is 7.92. The van der Waals surface area contributed by atoms with E-state index in [1.807, 2.05) is 12.1 Å². The molecule has 0 radical (unpaired) electrons. The number of hydrogen-bond donors (Lipinski definition) is 0. The normalized spacial score (nSPS) is 21.0. The number of nitrogens with zero attached hydrogens (tertiary/aromatic N) is 2. The molecule has 2 amide bonds. The summed E-state index contributed by atoms with van der Waals surface area (Å²) in [5.41, 5.74) is 3.78. The zero-order chi connectivity index (χ0) is 21.0. The van der Waals surface area contributed by atoms with Crippen molar-refractivity contribution >= 4 is 27.5 Å². The van der Waals surface area contributed by atoms with Crippen molar-refractivity contribution in [3.8, 4) is 12.3 Å². The van der Waals surface area contributed by atoms with E-state index in [4.69, 9.17) is 6.42 Å². The number of terminal acetylenes is 1. The molecule has 0 bridgehead atoms. The van der Waals surface area contributed by atoms with Crippen LogP contribution in [0.15, 0.2) is 41.3 Å². The highest BCUT2D eigenvalue weighted by molar-refractivity contribution is 7.90. The topological polar surface area (TPSA) is 74.8 Å². The van der Waals surface area contributed by atoms with E-state index in [0.29, 0.717) is 16.8 Å². The first kappa shape index (κ1) is 18.9. The summed E-state index contributed by atoms with van der Waals surface area (Å²) in [4.78, 5) is 27.4. The Bertz CT molecular complexity index is 1240. The molecule has 0 saturated heterocycles. The van der Waals surface area contributed by atoms with Crippen LogP contribution in [-0.4, -0.2) is 37.6 Å². The van der Waals surface area contributed by atoms with E-state index in [2.05, 4.69) is 12.0 Å². The molecule has 5 rings (SSSR count). The number of aryl methyl sites for hydroxylation is 1. The maximum atomic E-state index is 13.4. The van der Waals surface area contributed by atoms with Crippen LogP contribution in [0.2, 0.25) is 0 Å². The molecule has 0 fully saturated rings. The standard InChI is InChI=1S/C23H20N2O4S/c1-2-12-25-23(27)18-10-9-17(14-20(18)30(25,28)29)22(26)24-13-11-16-6-3-5-15-7-4-8-19(24)21(15)16/h1,4,7-10,14,16H,3,5-6,11-13H2. The van der Waals surface area contributed by atoms with Gasteiger partial charge in [-0.3, -0.25) is 9.59 Å². The van der Waals surface area contributed by atoms with Crippen molar-refractivity contribution < 1.29 is 18.0 Å². The minimum atomic E-state index is -4.04. The number of rotatable bonds is 2. The van der Waals surface area contributed by atoms with Crippen molar-refractivity contribution in [2.24, 2.45) is 0 Å². The Morgan fingerprint density at radius 2 is 2.03 bits per heavy atom. The van der Waals surface area contributed by atoms with Gasteiger partial charge in [-0.05, 0) is 67.0 Å². The van der Waals surface area contributed by atoms with E-state index < -0.39 is 15.9 Å². The number of carbonyl (C=O) groups excluding carboxylic acids is 2.